The SMILES string of the molecule is COc1ccc(CN2C(=O)/C(=C/c3cc(C)n(C4CC4)c3C)SC2=S)cc1. The van der Waals surface area contributed by atoms with Crippen LogP contribution >= 0.6 is 24.0 Å². The van der Waals surface area contributed by atoms with E-state index in [2.05, 4.69) is 24.5 Å². The van der Waals surface area contributed by atoms with Gasteiger partial charge in [-0.15, -0.1) is 0 Å². The van der Waals surface area contributed by atoms with E-state index in [9.17, 15) is 4.79 Å². The summed E-state index contributed by atoms with van der Waals surface area (Å²) >= 11 is 6.86. The number of carbonyl (C=O) groups excluding carboxylic acids is 1. The predicted molar refractivity (Wildman–Crippen MR) is 114 cm³/mol. The van der Waals surface area contributed by atoms with Crippen molar-refractivity contribution in [2.24, 2.45) is 0 Å². The van der Waals surface area contributed by atoms with Crippen molar-refractivity contribution in [3.63, 3.8) is 0 Å². The van der Waals surface area contributed by atoms with Crippen molar-refractivity contribution in [2.75, 3.05) is 7.11 Å². The van der Waals surface area contributed by atoms with Gasteiger partial charge in [-0.05, 0) is 62.1 Å². The molecule has 1 saturated carbocycles. The Morgan fingerprint density at radius 2 is 1.96 bits per heavy atom. The number of benzene rings is 1. The largest absolute Gasteiger partial charge is 0.497 e. The summed E-state index contributed by atoms with van der Waals surface area (Å²) in [5, 5.41) is 0. The maximum absolute atomic E-state index is 12.9. The van der Waals surface area contributed by atoms with Gasteiger partial charge in [-0.2, -0.15) is 0 Å². The summed E-state index contributed by atoms with van der Waals surface area (Å²) in [6.45, 7) is 4.75. The van der Waals surface area contributed by atoms with Crippen LogP contribution in [0.5, 0.6) is 5.75 Å². The third kappa shape index (κ3) is 3.56. The standard InChI is InChI=1S/C21H22N2O2S2/c1-13-10-16(14(2)23(13)17-6-7-17)11-19-20(24)22(21(26)27-19)12-15-4-8-18(25-3)9-5-15/h4-5,8-11,17H,6-7,12H2,1-3H3/b19-11-. The van der Waals surface area contributed by atoms with Gasteiger partial charge in [0, 0.05) is 17.4 Å². The molecule has 1 aromatic heterocycles. The topological polar surface area (TPSA) is 34.5 Å². The number of amides is 1. The molecular formula is C21H22N2O2S2. The summed E-state index contributed by atoms with van der Waals surface area (Å²) in [4.78, 5) is 15.3. The Morgan fingerprint density at radius 3 is 2.59 bits per heavy atom. The molecule has 0 radical (unpaired) electrons. The van der Waals surface area contributed by atoms with E-state index in [0.29, 0.717) is 21.8 Å². The lowest BCUT2D eigenvalue weighted by atomic mass is 10.2. The number of hydrogen-bond donors (Lipinski definition) is 0. The monoisotopic (exact) mass is 398 g/mol. The summed E-state index contributed by atoms with van der Waals surface area (Å²) in [7, 11) is 1.64. The molecule has 1 aromatic carbocycles. The lowest BCUT2D eigenvalue weighted by Crippen LogP contribution is -2.27. The lowest BCUT2D eigenvalue weighted by molar-refractivity contribution is -0.122. The molecule has 0 atom stereocenters. The van der Waals surface area contributed by atoms with Gasteiger partial charge in [0.05, 0.1) is 18.6 Å². The third-order valence-corrected chi connectivity index (χ3v) is 6.47. The van der Waals surface area contributed by atoms with Crippen LogP contribution in [0, 0.1) is 13.8 Å². The zero-order valence-corrected chi connectivity index (χ0v) is 17.3. The van der Waals surface area contributed by atoms with E-state index in [1.807, 2.05) is 30.3 Å². The molecule has 2 aliphatic rings. The van der Waals surface area contributed by atoms with Crippen molar-refractivity contribution in [1.29, 1.82) is 0 Å². The fraction of sp³-hybridized carbons (Fsp3) is 0.333. The molecule has 1 amide bonds. The number of nitrogens with zero attached hydrogens (tertiary/aromatic N) is 2. The molecule has 0 bridgehead atoms. The average molecular weight is 399 g/mol. The van der Waals surface area contributed by atoms with Gasteiger partial charge in [-0.3, -0.25) is 9.69 Å². The predicted octanol–water partition coefficient (Wildman–Crippen LogP) is 4.85. The Bertz CT molecular complexity index is 940. The molecule has 0 unspecified atom stereocenters. The van der Waals surface area contributed by atoms with E-state index in [1.54, 1.807) is 12.0 Å². The quantitative estimate of drug-likeness (QED) is 0.533. The Kier molecular flexibility index (Phi) is 4.86. The number of rotatable bonds is 5. The molecule has 27 heavy (non-hydrogen) atoms. The maximum Gasteiger partial charge on any atom is 0.266 e. The first-order chi connectivity index (χ1) is 13.0. The highest BCUT2D eigenvalue weighted by atomic mass is 32.2. The van der Waals surface area contributed by atoms with Crippen LogP contribution in [-0.2, 0) is 11.3 Å². The molecule has 4 nitrogen and oxygen atoms in total. The highest BCUT2D eigenvalue weighted by molar-refractivity contribution is 8.26. The van der Waals surface area contributed by atoms with Gasteiger partial charge in [0.25, 0.3) is 5.91 Å². The molecule has 1 saturated heterocycles. The zero-order chi connectivity index (χ0) is 19.1. The van der Waals surface area contributed by atoms with Gasteiger partial charge in [0.2, 0.25) is 0 Å². The van der Waals surface area contributed by atoms with E-state index in [4.69, 9.17) is 17.0 Å². The fourth-order valence-electron chi connectivity index (χ4n) is 3.53. The van der Waals surface area contributed by atoms with Crippen molar-refractivity contribution in [3.8, 4) is 5.75 Å². The molecule has 0 spiro atoms. The van der Waals surface area contributed by atoms with Gasteiger partial charge in [0.15, 0.2) is 0 Å². The van der Waals surface area contributed by atoms with Crippen LogP contribution in [0.4, 0.5) is 0 Å². The maximum atomic E-state index is 12.9. The Hall–Kier alpha value is -2.05. The van der Waals surface area contributed by atoms with Gasteiger partial charge >= 0.3 is 0 Å². The highest BCUT2D eigenvalue weighted by Gasteiger charge is 2.33. The van der Waals surface area contributed by atoms with Gasteiger partial charge < -0.3 is 9.30 Å². The zero-order valence-electron chi connectivity index (χ0n) is 15.7. The Morgan fingerprint density at radius 1 is 1.26 bits per heavy atom. The number of aryl methyl sites for hydroxylation is 1. The molecule has 1 aliphatic carbocycles. The number of thiocarbonyl (C=S) groups is 1. The third-order valence-electron chi connectivity index (χ3n) is 5.10. The molecular weight excluding hydrogens is 376 g/mol. The summed E-state index contributed by atoms with van der Waals surface area (Å²) in [6.07, 6.45) is 4.49. The Labute approximate surface area is 169 Å². The molecule has 140 valence electrons. The fourth-order valence-corrected chi connectivity index (χ4v) is 4.78. The molecule has 2 aromatic rings. The van der Waals surface area contributed by atoms with Crippen molar-refractivity contribution >= 4 is 40.3 Å². The molecule has 4 rings (SSSR count). The van der Waals surface area contributed by atoms with Crippen LogP contribution in [0.15, 0.2) is 35.2 Å². The minimum absolute atomic E-state index is 0.0166. The number of carbonyl (C=O) groups is 1. The minimum atomic E-state index is -0.0166. The van der Waals surface area contributed by atoms with Gasteiger partial charge in [-0.1, -0.05) is 36.1 Å². The van der Waals surface area contributed by atoms with E-state index >= 15 is 0 Å². The van der Waals surface area contributed by atoms with Crippen LogP contribution in [0.2, 0.25) is 0 Å². The number of ether oxygens (including phenoxy) is 1. The van der Waals surface area contributed by atoms with Crippen molar-refractivity contribution in [1.82, 2.24) is 9.47 Å². The summed E-state index contributed by atoms with van der Waals surface area (Å²) < 4.78 is 8.19. The first kappa shape index (κ1) is 18.3. The van der Waals surface area contributed by atoms with E-state index < -0.39 is 0 Å². The summed E-state index contributed by atoms with van der Waals surface area (Å²) in [5.41, 5.74) is 4.63. The second-order valence-corrected chi connectivity index (χ2v) is 8.72. The van der Waals surface area contributed by atoms with Crippen molar-refractivity contribution in [2.45, 2.75) is 39.3 Å². The van der Waals surface area contributed by atoms with Crippen LogP contribution in [0.1, 0.15) is 41.4 Å². The second-order valence-electron chi connectivity index (χ2n) is 7.04. The van der Waals surface area contributed by atoms with E-state index in [0.717, 1.165) is 16.9 Å². The number of aromatic nitrogens is 1. The average Bonchev–Trinajstić information content (AvgIpc) is 3.40. The van der Waals surface area contributed by atoms with Crippen LogP contribution in [0.25, 0.3) is 6.08 Å². The highest BCUT2D eigenvalue weighted by Crippen LogP contribution is 2.40. The second kappa shape index (κ2) is 7.17. The summed E-state index contributed by atoms with van der Waals surface area (Å²) in [5.74, 6) is 0.784. The van der Waals surface area contributed by atoms with Crippen LogP contribution < -0.4 is 4.74 Å². The molecule has 1 aliphatic heterocycles. The molecule has 0 N–H and O–H groups in total. The first-order valence-corrected chi connectivity index (χ1v) is 10.3. The molecule has 2 fully saturated rings. The van der Waals surface area contributed by atoms with E-state index in [-0.39, 0.29) is 5.91 Å². The molecule has 2 heterocycles. The van der Waals surface area contributed by atoms with Crippen LogP contribution in [0.3, 0.4) is 0 Å². The minimum Gasteiger partial charge on any atom is -0.497 e. The summed E-state index contributed by atoms with van der Waals surface area (Å²) in [6, 6.07) is 10.5. The number of thioether (sulfide) groups is 1. The molecule has 6 heteroatoms. The smallest absolute Gasteiger partial charge is 0.266 e. The Balaban J connectivity index is 1.55. The van der Waals surface area contributed by atoms with Crippen molar-refractivity contribution in [3.05, 3.63) is 57.8 Å². The number of hydrogen-bond acceptors (Lipinski definition) is 4. The van der Waals surface area contributed by atoms with E-state index in [1.165, 1.54) is 36.0 Å². The lowest BCUT2D eigenvalue weighted by Gasteiger charge is -2.14. The normalized spacial score (nSPS) is 18.6. The van der Waals surface area contributed by atoms with Gasteiger partial charge in [-0.25, -0.2) is 0 Å². The van der Waals surface area contributed by atoms with Crippen molar-refractivity contribution < 1.29 is 9.53 Å². The van der Waals surface area contributed by atoms with Crippen LogP contribution in [-0.4, -0.2) is 26.8 Å². The van der Waals surface area contributed by atoms with Gasteiger partial charge in [0.1, 0.15) is 10.1 Å². The number of methoxy groups -OCH3 is 1. The first-order valence-electron chi connectivity index (χ1n) is 9.04.